The van der Waals surface area contributed by atoms with Gasteiger partial charge in [0.2, 0.25) is 6.23 Å². The van der Waals surface area contributed by atoms with Gasteiger partial charge in [0.25, 0.3) is 0 Å². The van der Waals surface area contributed by atoms with E-state index >= 15 is 0 Å². The van der Waals surface area contributed by atoms with Crippen LogP contribution in [0, 0.1) is 0 Å². The first-order chi connectivity index (χ1) is 16.7. The van der Waals surface area contributed by atoms with Crippen molar-refractivity contribution in [2.75, 3.05) is 27.9 Å². The Balaban J connectivity index is 1.65. The monoisotopic (exact) mass is 460 g/mol. The third-order valence-electron chi connectivity index (χ3n) is 6.19. The third kappa shape index (κ3) is 3.77. The molecule has 7 nitrogen and oxygen atoms in total. The van der Waals surface area contributed by atoms with Crippen LogP contribution in [0.1, 0.15) is 42.3 Å². The molecule has 2 atom stereocenters. The topological polar surface area (TPSA) is 61.8 Å². The van der Waals surface area contributed by atoms with Crippen LogP contribution >= 0.6 is 0 Å². The molecular formula is C27H28N2O5. The zero-order valence-corrected chi connectivity index (χ0v) is 19.8. The van der Waals surface area contributed by atoms with Gasteiger partial charge in [-0.25, -0.2) is 5.01 Å². The second-order valence-electron chi connectivity index (χ2n) is 8.06. The van der Waals surface area contributed by atoms with Gasteiger partial charge in [-0.1, -0.05) is 24.3 Å². The zero-order valence-electron chi connectivity index (χ0n) is 19.8. The highest BCUT2D eigenvalue weighted by Crippen LogP contribution is 2.52. The van der Waals surface area contributed by atoms with Crippen LogP contribution < -0.4 is 23.7 Å². The molecule has 2 aliphatic heterocycles. The van der Waals surface area contributed by atoms with Gasteiger partial charge >= 0.3 is 0 Å². The molecule has 3 aromatic carbocycles. The molecule has 0 radical (unpaired) electrons. The van der Waals surface area contributed by atoms with Crippen molar-refractivity contribution in [2.45, 2.75) is 25.6 Å². The molecule has 0 fully saturated rings. The van der Waals surface area contributed by atoms with Gasteiger partial charge in [-0.2, -0.15) is 5.10 Å². The van der Waals surface area contributed by atoms with Crippen LogP contribution in [0.3, 0.4) is 0 Å². The molecule has 5 rings (SSSR count). The fourth-order valence-corrected chi connectivity index (χ4v) is 4.57. The highest BCUT2D eigenvalue weighted by molar-refractivity contribution is 6.02. The molecule has 0 aromatic heterocycles. The number of ether oxygens (including phenoxy) is 5. The van der Waals surface area contributed by atoms with E-state index in [0.717, 1.165) is 51.8 Å². The lowest BCUT2D eigenvalue weighted by molar-refractivity contribution is -0.0226. The van der Waals surface area contributed by atoms with Gasteiger partial charge in [0, 0.05) is 17.5 Å². The number of para-hydroxylation sites is 1. The molecule has 0 amide bonds. The van der Waals surface area contributed by atoms with Crippen LogP contribution in [-0.2, 0) is 0 Å². The van der Waals surface area contributed by atoms with Crippen molar-refractivity contribution in [3.8, 4) is 28.7 Å². The molecule has 2 heterocycles. The van der Waals surface area contributed by atoms with Crippen molar-refractivity contribution in [2.24, 2.45) is 5.10 Å². The molecule has 0 saturated carbocycles. The largest absolute Gasteiger partial charge is 0.497 e. The summed E-state index contributed by atoms with van der Waals surface area (Å²) in [5.41, 5.74) is 3.87. The Morgan fingerprint density at radius 1 is 0.882 bits per heavy atom. The second kappa shape index (κ2) is 9.17. The molecule has 0 aliphatic carbocycles. The van der Waals surface area contributed by atoms with Gasteiger partial charge in [-0.3, -0.25) is 0 Å². The predicted molar refractivity (Wildman–Crippen MR) is 129 cm³/mol. The summed E-state index contributed by atoms with van der Waals surface area (Å²) in [6, 6.07) is 19.7. The van der Waals surface area contributed by atoms with E-state index in [1.54, 1.807) is 21.3 Å². The number of hydrazone groups is 1. The van der Waals surface area contributed by atoms with Crippen molar-refractivity contribution < 1.29 is 23.7 Å². The summed E-state index contributed by atoms with van der Waals surface area (Å²) in [6.07, 6.45) is 0.203. The lowest BCUT2D eigenvalue weighted by atomic mass is 9.95. The average molecular weight is 461 g/mol. The van der Waals surface area contributed by atoms with E-state index in [-0.39, 0.29) is 6.04 Å². The fourth-order valence-electron chi connectivity index (χ4n) is 4.57. The van der Waals surface area contributed by atoms with E-state index in [1.807, 2.05) is 60.5 Å². The van der Waals surface area contributed by atoms with Crippen molar-refractivity contribution in [3.63, 3.8) is 0 Å². The van der Waals surface area contributed by atoms with Crippen molar-refractivity contribution >= 4 is 5.71 Å². The number of nitrogens with zero attached hydrogens (tertiary/aromatic N) is 2. The molecule has 34 heavy (non-hydrogen) atoms. The molecule has 0 N–H and O–H groups in total. The summed E-state index contributed by atoms with van der Waals surface area (Å²) >= 11 is 0. The fraction of sp³-hybridized carbons (Fsp3) is 0.296. The minimum atomic E-state index is -0.521. The molecular weight excluding hydrogens is 432 g/mol. The molecule has 0 saturated heterocycles. The zero-order chi connectivity index (χ0) is 23.7. The van der Waals surface area contributed by atoms with Gasteiger partial charge in [0.1, 0.15) is 17.2 Å². The minimum absolute atomic E-state index is 0.0220. The Morgan fingerprint density at radius 3 is 2.44 bits per heavy atom. The third-order valence-corrected chi connectivity index (χ3v) is 6.19. The first kappa shape index (κ1) is 21.9. The van der Waals surface area contributed by atoms with E-state index < -0.39 is 6.23 Å². The number of benzene rings is 3. The maximum absolute atomic E-state index is 6.62. The van der Waals surface area contributed by atoms with Crippen LogP contribution in [0.5, 0.6) is 28.7 Å². The summed E-state index contributed by atoms with van der Waals surface area (Å²) in [5.74, 6) is 3.68. The van der Waals surface area contributed by atoms with Crippen LogP contribution in [0.15, 0.2) is 65.8 Å². The maximum atomic E-state index is 6.62. The minimum Gasteiger partial charge on any atom is -0.497 e. The molecule has 0 unspecified atom stereocenters. The second-order valence-corrected chi connectivity index (χ2v) is 8.06. The summed E-state index contributed by atoms with van der Waals surface area (Å²) in [7, 11) is 4.97. The predicted octanol–water partition coefficient (Wildman–Crippen LogP) is 5.35. The van der Waals surface area contributed by atoms with Crippen molar-refractivity contribution in [3.05, 3.63) is 77.4 Å². The Kier molecular flexibility index (Phi) is 5.92. The van der Waals surface area contributed by atoms with Gasteiger partial charge in [-0.15, -0.1) is 0 Å². The average Bonchev–Trinajstić information content (AvgIpc) is 3.34. The standard InChI is InChI=1S/C27H28N2O5/c1-5-33-25-11-7-10-20-23-16-22(17-8-6-9-18(14-17)30-2)28-29(23)27(34-26(20)25)21-15-19(31-3)12-13-24(21)32-4/h6-15,23,27H,5,16H2,1-4H3/t23-,27+/m1/s1. The Hall–Kier alpha value is -3.87. The maximum Gasteiger partial charge on any atom is 0.217 e. The molecule has 176 valence electrons. The molecule has 7 heteroatoms. The van der Waals surface area contributed by atoms with Gasteiger partial charge < -0.3 is 23.7 Å². The molecule has 3 aromatic rings. The summed E-state index contributed by atoms with van der Waals surface area (Å²) in [6.45, 7) is 2.52. The number of hydrogen-bond donors (Lipinski definition) is 0. The highest BCUT2D eigenvalue weighted by atomic mass is 16.5. The lowest BCUT2D eigenvalue weighted by Crippen LogP contribution is -2.34. The summed E-state index contributed by atoms with van der Waals surface area (Å²) in [4.78, 5) is 0. The SMILES string of the molecule is CCOc1cccc2c1O[C@@H](c1cc(OC)ccc1OC)N1N=C(c3cccc(OC)c3)C[C@H]21. The summed E-state index contributed by atoms with van der Waals surface area (Å²) < 4.78 is 29.2. The first-order valence-corrected chi connectivity index (χ1v) is 11.3. The van der Waals surface area contributed by atoms with E-state index in [4.69, 9.17) is 28.8 Å². The summed E-state index contributed by atoms with van der Waals surface area (Å²) in [5, 5.41) is 7.07. The van der Waals surface area contributed by atoms with Gasteiger partial charge in [-0.05, 0) is 43.3 Å². The van der Waals surface area contributed by atoms with Gasteiger partial charge in [0.05, 0.1) is 45.3 Å². The number of rotatable bonds is 7. The molecule has 2 aliphatic rings. The normalized spacial score (nSPS) is 18.4. The Bertz CT molecular complexity index is 1230. The van der Waals surface area contributed by atoms with E-state index in [9.17, 15) is 0 Å². The number of fused-ring (bicyclic) bond motifs is 3. The van der Waals surface area contributed by atoms with Crippen LogP contribution in [0.2, 0.25) is 0 Å². The van der Waals surface area contributed by atoms with Crippen molar-refractivity contribution in [1.29, 1.82) is 0 Å². The number of hydrogen-bond acceptors (Lipinski definition) is 7. The quantitative estimate of drug-likeness (QED) is 0.474. The van der Waals surface area contributed by atoms with E-state index in [0.29, 0.717) is 12.4 Å². The van der Waals surface area contributed by atoms with E-state index in [1.165, 1.54) is 0 Å². The lowest BCUT2D eigenvalue weighted by Gasteiger charge is -2.39. The number of methoxy groups -OCH3 is 3. The van der Waals surface area contributed by atoms with Gasteiger partial charge in [0.15, 0.2) is 11.5 Å². The smallest absolute Gasteiger partial charge is 0.217 e. The van der Waals surface area contributed by atoms with Crippen LogP contribution in [-0.4, -0.2) is 38.7 Å². The van der Waals surface area contributed by atoms with Crippen molar-refractivity contribution in [1.82, 2.24) is 5.01 Å². The Labute approximate surface area is 199 Å². The molecule has 0 spiro atoms. The molecule has 0 bridgehead atoms. The highest BCUT2D eigenvalue weighted by Gasteiger charge is 2.43. The van der Waals surface area contributed by atoms with E-state index in [2.05, 4.69) is 12.1 Å². The first-order valence-electron chi connectivity index (χ1n) is 11.3. The Morgan fingerprint density at radius 2 is 1.68 bits per heavy atom. The van der Waals surface area contributed by atoms with Crippen LogP contribution in [0.4, 0.5) is 0 Å². The van der Waals surface area contributed by atoms with Crippen LogP contribution in [0.25, 0.3) is 0 Å².